The van der Waals surface area contributed by atoms with Crippen LogP contribution in [0, 0.1) is 0 Å². The van der Waals surface area contributed by atoms with Gasteiger partial charge in [-0.25, -0.2) is 15.0 Å². The van der Waals surface area contributed by atoms with E-state index < -0.39 is 31.1 Å². The van der Waals surface area contributed by atoms with Gasteiger partial charge >= 0.3 is 37.7 Å². The Hall–Kier alpha value is -0.120. The average Bonchev–Trinajstić information content (AvgIpc) is 2.94. The third-order valence-electron chi connectivity index (χ3n) is 3.18. The van der Waals surface area contributed by atoms with Crippen LogP contribution in [-0.2, 0) is 4.74 Å². The molecule has 5 atom stereocenters. The molecule has 9 nitrogen and oxygen atoms in total. The Kier molecular flexibility index (Phi) is 6.70. The van der Waals surface area contributed by atoms with Gasteiger partial charge in [-0.05, 0) is 0 Å². The third-order valence-corrected chi connectivity index (χ3v) is 3.18. The molecule has 2 aromatic rings. The summed E-state index contributed by atoms with van der Waals surface area (Å²) in [4.78, 5) is 11.9. The summed E-state index contributed by atoms with van der Waals surface area (Å²) in [6.07, 6.45) is -1.42. The number of anilines is 1. The van der Waals surface area contributed by atoms with Crippen LogP contribution < -0.4 is 5.73 Å². The number of imidazole rings is 1. The molecule has 0 amide bonds. The summed E-state index contributed by atoms with van der Waals surface area (Å²) >= 11 is 0. The van der Waals surface area contributed by atoms with Gasteiger partial charge in [0.15, 0.2) is 17.7 Å². The Morgan fingerprint density at radius 2 is 1.95 bits per heavy atom. The van der Waals surface area contributed by atoms with E-state index in [1.165, 1.54) is 17.2 Å². The van der Waals surface area contributed by atoms with Crippen molar-refractivity contribution in [2.24, 2.45) is 0 Å². The summed E-state index contributed by atoms with van der Waals surface area (Å²) in [5, 5.41) is 28.7. The molecule has 11 heteroatoms. The quantitative estimate of drug-likeness (QED) is 0.338. The van der Waals surface area contributed by atoms with E-state index in [-0.39, 0.29) is 53.5 Å². The minimum atomic E-state index is -1.19. The molecule has 3 heterocycles. The van der Waals surface area contributed by atoms with Crippen molar-refractivity contribution in [2.45, 2.75) is 24.5 Å². The SMILES string of the molecule is Nc1ncnc2c1ncn2[C@@H]1O[C@H](CO)[C@@H](O)[C@H]1O.P.[CaH2]. The summed E-state index contributed by atoms with van der Waals surface area (Å²) in [6.45, 7) is -0.390. The van der Waals surface area contributed by atoms with E-state index in [0.717, 1.165) is 0 Å². The second-order valence-corrected chi connectivity index (χ2v) is 4.31. The summed E-state index contributed by atoms with van der Waals surface area (Å²) in [5.41, 5.74) is 6.44. The van der Waals surface area contributed by atoms with Crippen LogP contribution in [0.3, 0.4) is 0 Å². The number of aliphatic hydroxyl groups excluding tert-OH is 3. The van der Waals surface area contributed by atoms with Crippen molar-refractivity contribution in [1.29, 1.82) is 0 Å². The molecule has 21 heavy (non-hydrogen) atoms. The van der Waals surface area contributed by atoms with E-state index in [1.807, 2.05) is 0 Å². The predicted molar refractivity (Wildman–Crippen MR) is 82.4 cm³/mol. The van der Waals surface area contributed by atoms with Crippen LogP contribution in [0.5, 0.6) is 0 Å². The fraction of sp³-hybridized carbons (Fsp3) is 0.500. The van der Waals surface area contributed by atoms with Crippen molar-refractivity contribution in [1.82, 2.24) is 19.5 Å². The van der Waals surface area contributed by atoms with Gasteiger partial charge in [-0.2, -0.15) is 9.90 Å². The van der Waals surface area contributed by atoms with E-state index in [0.29, 0.717) is 11.2 Å². The summed E-state index contributed by atoms with van der Waals surface area (Å²) in [6, 6.07) is 0. The molecule has 1 aliphatic heterocycles. The number of rotatable bonds is 2. The first-order valence-corrected chi connectivity index (χ1v) is 5.69. The number of nitrogens with zero attached hydrogens (tertiary/aromatic N) is 4. The molecular weight excluding hydrogens is 325 g/mol. The molecule has 0 saturated carbocycles. The number of ether oxygens (including phenoxy) is 1. The number of hydrogen-bond acceptors (Lipinski definition) is 8. The Labute approximate surface area is 153 Å². The monoisotopic (exact) mass is 343 g/mol. The van der Waals surface area contributed by atoms with Crippen molar-refractivity contribution in [3.63, 3.8) is 0 Å². The van der Waals surface area contributed by atoms with Gasteiger partial charge in [0, 0.05) is 0 Å². The molecule has 0 aliphatic carbocycles. The molecule has 1 aliphatic rings. The summed E-state index contributed by atoms with van der Waals surface area (Å²) < 4.78 is 6.85. The molecule has 0 aromatic carbocycles. The Balaban J connectivity index is 0.00000110. The Bertz CT molecular complexity index is 614. The van der Waals surface area contributed by atoms with Crippen molar-refractivity contribution in [2.75, 3.05) is 12.3 Å². The number of aliphatic hydroxyl groups is 3. The number of aromatic nitrogens is 4. The zero-order chi connectivity index (χ0) is 13.6. The topological polar surface area (TPSA) is 140 Å². The predicted octanol–water partition coefficient (Wildman–Crippen LogP) is -2.84. The van der Waals surface area contributed by atoms with Gasteiger partial charge in [0.2, 0.25) is 0 Å². The molecule has 114 valence electrons. The van der Waals surface area contributed by atoms with Crippen LogP contribution in [0.25, 0.3) is 11.2 Å². The molecule has 0 radical (unpaired) electrons. The van der Waals surface area contributed by atoms with Crippen LogP contribution in [0.1, 0.15) is 6.23 Å². The van der Waals surface area contributed by atoms with E-state index in [4.69, 9.17) is 15.6 Å². The van der Waals surface area contributed by atoms with Gasteiger partial charge in [-0.15, -0.1) is 0 Å². The van der Waals surface area contributed by atoms with Gasteiger partial charge in [0.25, 0.3) is 0 Å². The van der Waals surface area contributed by atoms with Crippen LogP contribution in [0.15, 0.2) is 12.7 Å². The van der Waals surface area contributed by atoms with Crippen molar-refractivity contribution in [3.8, 4) is 0 Å². The molecule has 1 saturated heterocycles. The first-order chi connectivity index (χ1) is 9.13. The Morgan fingerprint density at radius 1 is 1.24 bits per heavy atom. The molecule has 1 unspecified atom stereocenters. The van der Waals surface area contributed by atoms with E-state index in [9.17, 15) is 10.2 Å². The van der Waals surface area contributed by atoms with Gasteiger partial charge in [-0.1, -0.05) is 0 Å². The molecule has 1 fully saturated rings. The van der Waals surface area contributed by atoms with Crippen LogP contribution in [0.2, 0.25) is 0 Å². The van der Waals surface area contributed by atoms with Crippen molar-refractivity contribution < 1.29 is 20.1 Å². The number of nitrogens with two attached hydrogens (primary N) is 1. The molecular formula is C10H18CaN5O4P. The van der Waals surface area contributed by atoms with Gasteiger partial charge in [-0.3, -0.25) is 4.57 Å². The van der Waals surface area contributed by atoms with Crippen LogP contribution in [0.4, 0.5) is 5.82 Å². The average molecular weight is 343 g/mol. The molecule has 3 rings (SSSR count). The second kappa shape index (κ2) is 7.43. The zero-order valence-corrected chi connectivity index (χ0v) is 11.9. The second-order valence-electron chi connectivity index (χ2n) is 4.31. The first-order valence-electron chi connectivity index (χ1n) is 5.69. The van der Waals surface area contributed by atoms with Gasteiger partial charge in [0.05, 0.1) is 12.9 Å². The van der Waals surface area contributed by atoms with Crippen molar-refractivity contribution >= 4 is 64.6 Å². The molecule has 2 aromatic heterocycles. The van der Waals surface area contributed by atoms with Crippen LogP contribution in [-0.4, -0.2) is 97.5 Å². The fourth-order valence-electron chi connectivity index (χ4n) is 2.17. The summed E-state index contributed by atoms with van der Waals surface area (Å²) in [5.74, 6) is 0.218. The van der Waals surface area contributed by atoms with Gasteiger partial charge in [0.1, 0.15) is 30.2 Å². The van der Waals surface area contributed by atoms with Crippen molar-refractivity contribution in [3.05, 3.63) is 12.7 Å². The molecule has 5 N–H and O–H groups in total. The number of fused-ring (bicyclic) bond motifs is 1. The van der Waals surface area contributed by atoms with E-state index in [2.05, 4.69) is 15.0 Å². The minimum absolute atomic E-state index is 0. The third kappa shape index (κ3) is 3.16. The normalized spacial score (nSPS) is 28.1. The standard InChI is InChI=1S/C10H13N5O4.Ca.H3P.2H/c11-8-5-9(13-2-12-8)15(3-14-5)10-7(18)6(17)4(1-16)19-10;;;;/h2-4,6-7,10,16-18H,1H2,(H2,11,12,13);;1H3;;/t4-,6-,7-,10-;;;;/m1..../s1. The fourth-order valence-corrected chi connectivity index (χ4v) is 2.17. The van der Waals surface area contributed by atoms with E-state index in [1.54, 1.807) is 0 Å². The number of hydrogen-bond donors (Lipinski definition) is 4. The maximum absolute atomic E-state index is 9.95. The maximum atomic E-state index is 9.95. The Morgan fingerprint density at radius 3 is 2.57 bits per heavy atom. The first kappa shape index (κ1) is 18.9. The molecule has 0 bridgehead atoms. The van der Waals surface area contributed by atoms with E-state index >= 15 is 0 Å². The van der Waals surface area contributed by atoms with Gasteiger partial charge < -0.3 is 25.8 Å². The molecule has 0 spiro atoms. The zero-order valence-electron chi connectivity index (χ0n) is 10.5. The summed E-state index contributed by atoms with van der Waals surface area (Å²) in [7, 11) is 0. The number of nitrogen functional groups attached to an aromatic ring is 1. The van der Waals surface area contributed by atoms with Crippen LogP contribution >= 0.6 is 9.90 Å².